The van der Waals surface area contributed by atoms with Gasteiger partial charge in [-0.15, -0.1) is 0 Å². The zero-order chi connectivity index (χ0) is 13.8. The van der Waals surface area contributed by atoms with E-state index in [-0.39, 0.29) is 6.10 Å². The van der Waals surface area contributed by atoms with Crippen molar-refractivity contribution in [2.24, 2.45) is 7.05 Å². The molecular weight excluding hydrogens is 236 g/mol. The van der Waals surface area contributed by atoms with Crippen molar-refractivity contribution in [2.45, 2.75) is 39.2 Å². The molecule has 0 aliphatic carbocycles. The normalized spacial score (nSPS) is 12.6. The Morgan fingerprint density at radius 2 is 1.89 bits per heavy atom. The number of aliphatic hydroxyl groups excluding tert-OH is 1. The van der Waals surface area contributed by atoms with Gasteiger partial charge in [-0.1, -0.05) is 29.8 Å². The molecule has 3 nitrogen and oxygen atoms in total. The Balaban J connectivity index is 1.86. The van der Waals surface area contributed by atoms with Gasteiger partial charge in [-0.3, -0.25) is 4.68 Å². The molecule has 0 fully saturated rings. The Kier molecular flexibility index (Phi) is 4.38. The van der Waals surface area contributed by atoms with E-state index in [9.17, 15) is 5.11 Å². The molecule has 1 N–H and O–H groups in total. The molecule has 1 aromatic carbocycles. The van der Waals surface area contributed by atoms with Crippen molar-refractivity contribution in [1.29, 1.82) is 0 Å². The zero-order valence-electron chi connectivity index (χ0n) is 11.9. The van der Waals surface area contributed by atoms with Gasteiger partial charge in [0.1, 0.15) is 0 Å². The lowest BCUT2D eigenvalue weighted by molar-refractivity contribution is 0.163. The first-order chi connectivity index (χ1) is 9.04. The van der Waals surface area contributed by atoms with Gasteiger partial charge in [0.2, 0.25) is 0 Å². The second-order valence-electron chi connectivity index (χ2n) is 5.28. The fourth-order valence-electron chi connectivity index (χ4n) is 2.29. The van der Waals surface area contributed by atoms with Gasteiger partial charge in [-0.2, -0.15) is 5.10 Å². The van der Waals surface area contributed by atoms with Gasteiger partial charge < -0.3 is 5.11 Å². The van der Waals surface area contributed by atoms with Gasteiger partial charge in [-0.25, -0.2) is 0 Å². The molecule has 0 amide bonds. The van der Waals surface area contributed by atoms with Crippen LogP contribution < -0.4 is 0 Å². The molecule has 1 atom stereocenters. The molecule has 0 aliphatic rings. The number of hydrogen-bond donors (Lipinski definition) is 1. The van der Waals surface area contributed by atoms with Gasteiger partial charge in [0.05, 0.1) is 11.8 Å². The minimum Gasteiger partial charge on any atom is -0.393 e. The summed E-state index contributed by atoms with van der Waals surface area (Å²) in [5.41, 5.74) is 4.65. The van der Waals surface area contributed by atoms with Crippen LogP contribution in [0.3, 0.4) is 0 Å². The fraction of sp³-hybridized carbons (Fsp3) is 0.438. The monoisotopic (exact) mass is 258 g/mol. The largest absolute Gasteiger partial charge is 0.393 e. The number of aryl methyl sites for hydroxylation is 4. The molecule has 0 bridgehead atoms. The van der Waals surface area contributed by atoms with E-state index in [0.29, 0.717) is 6.42 Å². The third-order valence-corrected chi connectivity index (χ3v) is 3.43. The molecule has 19 heavy (non-hydrogen) atoms. The molecular formula is C16H22N2O. The van der Waals surface area contributed by atoms with Crippen molar-refractivity contribution in [3.63, 3.8) is 0 Å². The molecule has 1 heterocycles. The molecule has 1 unspecified atom stereocenters. The Morgan fingerprint density at radius 3 is 2.47 bits per heavy atom. The lowest BCUT2D eigenvalue weighted by Crippen LogP contribution is -2.14. The molecule has 0 saturated heterocycles. The van der Waals surface area contributed by atoms with Crippen molar-refractivity contribution < 1.29 is 5.11 Å². The first-order valence-corrected chi connectivity index (χ1v) is 6.77. The average molecular weight is 258 g/mol. The second kappa shape index (κ2) is 6.02. The first-order valence-electron chi connectivity index (χ1n) is 6.77. The Labute approximate surface area is 114 Å². The molecule has 2 rings (SSSR count). The van der Waals surface area contributed by atoms with Crippen LogP contribution in [0.1, 0.15) is 28.9 Å². The first kappa shape index (κ1) is 13.8. The summed E-state index contributed by atoms with van der Waals surface area (Å²) >= 11 is 0. The highest BCUT2D eigenvalue weighted by Gasteiger charge is 2.10. The van der Waals surface area contributed by atoms with E-state index in [4.69, 9.17) is 0 Å². The van der Waals surface area contributed by atoms with Gasteiger partial charge >= 0.3 is 0 Å². The standard InChI is InChI=1S/C16H22N2O/c1-12-4-6-14(7-5-12)8-9-16(19)11-15-10-13(2)17-18(15)3/h4-7,10,16,19H,8-9,11H2,1-3H3. The molecule has 102 valence electrons. The molecule has 3 heteroatoms. The maximum Gasteiger partial charge on any atom is 0.0598 e. The van der Waals surface area contributed by atoms with E-state index in [0.717, 1.165) is 24.2 Å². The van der Waals surface area contributed by atoms with Crippen LogP contribution in [-0.4, -0.2) is 21.0 Å². The summed E-state index contributed by atoms with van der Waals surface area (Å²) in [6.45, 7) is 4.06. The summed E-state index contributed by atoms with van der Waals surface area (Å²) in [6.07, 6.45) is 2.06. The number of aliphatic hydroxyl groups is 1. The molecule has 0 radical (unpaired) electrons. The third kappa shape index (κ3) is 3.93. The van der Waals surface area contributed by atoms with Crippen LogP contribution >= 0.6 is 0 Å². The highest BCUT2D eigenvalue weighted by Crippen LogP contribution is 2.11. The maximum absolute atomic E-state index is 10.1. The fourth-order valence-corrected chi connectivity index (χ4v) is 2.29. The lowest BCUT2D eigenvalue weighted by atomic mass is 10.0. The summed E-state index contributed by atoms with van der Waals surface area (Å²) in [5.74, 6) is 0. The van der Waals surface area contributed by atoms with E-state index in [1.54, 1.807) is 0 Å². The highest BCUT2D eigenvalue weighted by molar-refractivity contribution is 5.21. The number of rotatable bonds is 5. The summed E-state index contributed by atoms with van der Waals surface area (Å²) in [6, 6.07) is 10.5. The summed E-state index contributed by atoms with van der Waals surface area (Å²) in [5, 5.41) is 14.4. The molecule has 1 aromatic heterocycles. The maximum atomic E-state index is 10.1. The predicted octanol–water partition coefficient (Wildman–Crippen LogP) is 2.57. The predicted molar refractivity (Wildman–Crippen MR) is 77.2 cm³/mol. The van der Waals surface area contributed by atoms with Crippen LogP contribution in [0, 0.1) is 13.8 Å². The highest BCUT2D eigenvalue weighted by atomic mass is 16.3. The Hall–Kier alpha value is -1.61. The van der Waals surface area contributed by atoms with Crippen molar-refractivity contribution in [1.82, 2.24) is 9.78 Å². The van der Waals surface area contributed by atoms with E-state index in [1.807, 2.05) is 24.7 Å². The van der Waals surface area contributed by atoms with Crippen molar-refractivity contribution in [3.8, 4) is 0 Å². The minimum atomic E-state index is -0.309. The number of aromatic nitrogens is 2. The van der Waals surface area contributed by atoms with Crippen LogP contribution in [0.5, 0.6) is 0 Å². The Bertz CT molecular complexity index is 528. The van der Waals surface area contributed by atoms with Crippen molar-refractivity contribution in [3.05, 3.63) is 52.8 Å². The van der Waals surface area contributed by atoms with Crippen LogP contribution in [-0.2, 0) is 19.9 Å². The SMILES string of the molecule is Cc1ccc(CCC(O)Cc2cc(C)nn2C)cc1. The summed E-state index contributed by atoms with van der Waals surface area (Å²) < 4.78 is 1.85. The molecule has 0 spiro atoms. The number of nitrogens with zero attached hydrogens (tertiary/aromatic N) is 2. The van der Waals surface area contributed by atoms with Gasteiger partial charge in [0.25, 0.3) is 0 Å². The van der Waals surface area contributed by atoms with Crippen LogP contribution in [0.15, 0.2) is 30.3 Å². The van der Waals surface area contributed by atoms with Gasteiger partial charge in [-0.05, 0) is 38.3 Å². The topological polar surface area (TPSA) is 38.1 Å². The van der Waals surface area contributed by atoms with Crippen molar-refractivity contribution in [2.75, 3.05) is 0 Å². The van der Waals surface area contributed by atoms with Crippen LogP contribution in [0.25, 0.3) is 0 Å². The lowest BCUT2D eigenvalue weighted by Gasteiger charge is -2.10. The van der Waals surface area contributed by atoms with E-state index in [1.165, 1.54) is 11.1 Å². The quantitative estimate of drug-likeness (QED) is 0.895. The average Bonchev–Trinajstić information content (AvgIpc) is 2.67. The third-order valence-electron chi connectivity index (χ3n) is 3.43. The summed E-state index contributed by atoms with van der Waals surface area (Å²) in [7, 11) is 1.93. The van der Waals surface area contributed by atoms with E-state index in [2.05, 4.69) is 36.3 Å². The Morgan fingerprint density at radius 1 is 1.21 bits per heavy atom. The van der Waals surface area contributed by atoms with Crippen LogP contribution in [0.2, 0.25) is 0 Å². The number of hydrogen-bond acceptors (Lipinski definition) is 2. The molecule has 0 aliphatic heterocycles. The van der Waals surface area contributed by atoms with Gasteiger partial charge in [0.15, 0.2) is 0 Å². The number of benzene rings is 1. The van der Waals surface area contributed by atoms with Gasteiger partial charge in [0, 0.05) is 19.2 Å². The smallest absolute Gasteiger partial charge is 0.0598 e. The minimum absolute atomic E-state index is 0.309. The van der Waals surface area contributed by atoms with E-state index >= 15 is 0 Å². The molecule has 0 saturated carbocycles. The van der Waals surface area contributed by atoms with Crippen LogP contribution in [0.4, 0.5) is 0 Å². The van der Waals surface area contributed by atoms with Crippen molar-refractivity contribution >= 4 is 0 Å². The second-order valence-corrected chi connectivity index (χ2v) is 5.28. The summed E-state index contributed by atoms with van der Waals surface area (Å²) in [4.78, 5) is 0. The molecule has 2 aromatic rings. The van der Waals surface area contributed by atoms with E-state index < -0.39 is 0 Å². The zero-order valence-corrected chi connectivity index (χ0v) is 11.9.